The fraction of sp³-hybridized carbons (Fsp3) is 0.500. The summed E-state index contributed by atoms with van der Waals surface area (Å²) in [4.78, 5) is 23.0. The quantitative estimate of drug-likeness (QED) is 0.649. The number of rotatable bonds is 0. The van der Waals surface area contributed by atoms with E-state index in [-0.39, 0.29) is 23.4 Å². The predicted octanol–water partition coefficient (Wildman–Crippen LogP) is 2.99. The maximum absolute atomic E-state index is 11.5. The van der Waals surface area contributed by atoms with Crippen LogP contribution in [0.3, 0.4) is 0 Å². The highest BCUT2D eigenvalue weighted by Crippen LogP contribution is 2.18. The molecule has 0 fully saturated rings. The Labute approximate surface area is 149 Å². The summed E-state index contributed by atoms with van der Waals surface area (Å²) in [6, 6.07) is 8.51. The summed E-state index contributed by atoms with van der Waals surface area (Å²) >= 11 is 4.75. The lowest BCUT2D eigenvalue weighted by Crippen LogP contribution is -2.14. The van der Waals surface area contributed by atoms with Gasteiger partial charge in [0.2, 0.25) is 0 Å². The molecule has 23 heavy (non-hydrogen) atoms. The summed E-state index contributed by atoms with van der Waals surface area (Å²) in [5.74, 6) is 3.22. The second-order valence-corrected chi connectivity index (χ2v) is 8.05. The van der Waals surface area contributed by atoms with Gasteiger partial charge >= 0.3 is 11.9 Å². The Balaban J connectivity index is 1.87. The van der Waals surface area contributed by atoms with E-state index in [1.54, 1.807) is 23.5 Å². The van der Waals surface area contributed by atoms with Crippen molar-refractivity contribution in [3.63, 3.8) is 0 Å². The molecule has 7 heteroatoms. The number of hydrogen-bond acceptors (Lipinski definition) is 7. The molecule has 2 bridgehead atoms. The topological polar surface area (TPSA) is 52.6 Å². The molecular formula is C16H20O4S3. The van der Waals surface area contributed by atoms with Gasteiger partial charge in [0.1, 0.15) is 13.2 Å². The third-order valence-corrected chi connectivity index (χ3v) is 5.82. The maximum Gasteiger partial charge on any atom is 0.315 e. The van der Waals surface area contributed by atoms with E-state index in [1.165, 1.54) is 22.9 Å². The lowest BCUT2D eigenvalue weighted by atomic mass is 10.2. The van der Waals surface area contributed by atoms with E-state index < -0.39 is 0 Å². The molecule has 1 heterocycles. The minimum absolute atomic E-state index is 0.191. The summed E-state index contributed by atoms with van der Waals surface area (Å²) < 4.78 is 10.3. The number of esters is 2. The molecule has 0 saturated heterocycles. The minimum Gasteiger partial charge on any atom is -0.464 e. The second-order valence-electron chi connectivity index (χ2n) is 4.86. The Morgan fingerprint density at radius 3 is 1.78 bits per heavy atom. The third kappa shape index (κ3) is 8.04. The minimum atomic E-state index is -0.276. The van der Waals surface area contributed by atoms with E-state index in [9.17, 15) is 9.59 Å². The zero-order chi connectivity index (χ0) is 16.3. The standard InChI is InChI=1S/C16H20O4S3/c17-15-11-23-12-16(18)20-5-7-22-10-14-3-1-2-13(8-14)9-21-6-4-19-15/h1-3,8H,4-7,9-12H2. The molecular weight excluding hydrogens is 352 g/mol. The van der Waals surface area contributed by atoms with Crippen molar-refractivity contribution >= 4 is 47.2 Å². The highest BCUT2D eigenvalue weighted by molar-refractivity contribution is 8.00. The third-order valence-electron chi connectivity index (χ3n) is 2.95. The van der Waals surface area contributed by atoms with Crippen LogP contribution in [0, 0.1) is 0 Å². The van der Waals surface area contributed by atoms with Gasteiger partial charge in [0.05, 0.1) is 11.5 Å². The Kier molecular flexibility index (Phi) is 8.78. The molecule has 0 amide bonds. The molecule has 4 nitrogen and oxygen atoms in total. The van der Waals surface area contributed by atoms with E-state index in [0.29, 0.717) is 13.2 Å². The van der Waals surface area contributed by atoms with Crippen LogP contribution in [0.1, 0.15) is 11.1 Å². The predicted molar refractivity (Wildman–Crippen MR) is 98.0 cm³/mol. The zero-order valence-corrected chi connectivity index (χ0v) is 15.3. The van der Waals surface area contributed by atoms with E-state index >= 15 is 0 Å². The largest absolute Gasteiger partial charge is 0.464 e. The average Bonchev–Trinajstić information content (AvgIpc) is 2.54. The first kappa shape index (κ1) is 18.5. The van der Waals surface area contributed by atoms with Gasteiger partial charge < -0.3 is 9.47 Å². The van der Waals surface area contributed by atoms with Crippen molar-refractivity contribution in [1.29, 1.82) is 0 Å². The lowest BCUT2D eigenvalue weighted by Gasteiger charge is -2.08. The number of hydrogen-bond donors (Lipinski definition) is 0. The first-order chi connectivity index (χ1) is 11.2. The summed E-state index contributed by atoms with van der Waals surface area (Å²) in [5, 5.41) is 0. The molecule has 0 saturated carbocycles. The van der Waals surface area contributed by atoms with Crippen molar-refractivity contribution in [2.45, 2.75) is 11.5 Å². The molecule has 0 spiro atoms. The van der Waals surface area contributed by atoms with Crippen LogP contribution >= 0.6 is 35.3 Å². The van der Waals surface area contributed by atoms with Gasteiger partial charge in [-0.15, -0.1) is 11.8 Å². The van der Waals surface area contributed by atoms with Gasteiger partial charge in [0, 0.05) is 23.0 Å². The summed E-state index contributed by atoms with van der Waals surface area (Å²) in [6.07, 6.45) is 0. The Bertz CT molecular complexity index is 481. The van der Waals surface area contributed by atoms with Gasteiger partial charge in [-0.25, -0.2) is 0 Å². The fourth-order valence-corrected chi connectivity index (χ4v) is 4.04. The maximum atomic E-state index is 11.5. The van der Waals surface area contributed by atoms with Crippen LogP contribution in [0.25, 0.3) is 0 Å². The molecule has 0 aromatic heterocycles. The molecule has 2 rings (SSSR count). The number of carbonyl (C=O) groups excluding carboxylic acids is 2. The molecule has 0 radical (unpaired) electrons. The SMILES string of the molecule is O=C1CSCC(=O)OCCSCc2cccc(c2)CSCCO1. The molecule has 0 atom stereocenters. The molecule has 126 valence electrons. The van der Waals surface area contributed by atoms with E-state index in [0.717, 1.165) is 23.0 Å². The normalized spacial score (nSPS) is 19.1. The molecule has 1 aliphatic heterocycles. The van der Waals surface area contributed by atoms with Gasteiger partial charge in [-0.3, -0.25) is 9.59 Å². The number of carbonyl (C=O) groups is 2. The monoisotopic (exact) mass is 372 g/mol. The van der Waals surface area contributed by atoms with Crippen LogP contribution in [0.5, 0.6) is 0 Å². The highest BCUT2D eigenvalue weighted by Gasteiger charge is 2.08. The fourth-order valence-electron chi connectivity index (χ4n) is 1.92. The van der Waals surface area contributed by atoms with E-state index in [2.05, 4.69) is 24.3 Å². The molecule has 1 aliphatic rings. The number of cyclic esters (lactones) is 2. The molecule has 1 aromatic rings. The van der Waals surface area contributed by atoms with Gasteiger partial charge in [-0.2, -0.15) is 23.5 Å². The number of thioether (sulfide) groups is 3. The van der Waals surface area contributed by atoms with Gasteiger partial charge in [-0.05, 0) is 11.1 Å². The van der Waals surface area contributed by atoms with Crippen LogP contribution in [0.2, 0.25) is 0 Å². The zero-order valence-electron chi connectivity index (χ0n) is 12.8. The molecule has 0 N–H and O–H groups in total. The van der Waals surface area contributed by atoms with E-state index in [1.807, 2.05) is 0 Å². The smallest absolute Gasteiger partial charge is 0.315 e. The van der Waals surface area contributed by atoms with Crippen LogP contribution in [0.15, 0.2) is 24.3 Å². The van der Waals surface area contributed by atoms with Crippen molar-refractivity contribution in [2.24, 2.45) is 0 Å². The summed E-state index contributed by atoms with van der Waals surface area (Å²) in [6.45, 7) is 0.814. The van der Waals surface area contributed by atoms with Crippen LogP contribution in [-0.2, 0) is 30.6 Å². The second kappa shape index (κ2) is 10.9. The van der Waals surface area contributed by atoms with Gasteiger partial charge in [0.25, 0.3) is 0 Å². The Morgan fingerprint density at radius 2 is 1.26 bits per heavy atom. The van der Waals surface area contributed by atoms with Gasteiger partial charge in [0.15, 0.2) is 0 Å². The van der Waals surface area contributed by atoms with Gasteiger partial charge in [-0.1, -0.05) is 24.3 Å². The van der Waals surface area contributed by atoms with Crippen LogP contribution in [0.4, 0.5) is 0 Å². The summed E-state index contributed by atoms with van der Waals surface area (Å²) in [7, 11) is 0. The van der Waals surface area contributed by atoms with Crippen molar-refractivity contribution < 1.29 is 19.1 Å². The van der Waals surface area contributed by atoms with Crippen molar-refractivity contribution in [3.05, 3.63) is 35.4 Å². The molecule has 1 aromatic carbocycles. The Morgan fingerprint density at radius 1 is 0.739 bits per heavy atom. The first-order valence-corrected chi connectivity index (χ1v) is 10.8. The van der Waals surface area contributed by atoms with Crippen LogP contribution < -0.4 is 0 Å². The first-order valence-electron chi connectivity index (χ1n) is 7.36. The average molecular weight is 373 g/mol. The number of benzene rings is 1. The lowest BCUT2D eigenvalue weighted by molar-refractivity contribution is -0.140. The van der Waals surface area contributed by atoms with E-state index in [4.69, 9.17) is 9.47 Å². The molecule has 0 unspecified atom stereocenters. The Hall–Kier alpha value is -0.790. The van der Waals surface area contributed by atoms with Crippen molar-refractivity contribution in [1.82, 2.24) is 0 Å². The number of ether oxygens (including phenoxy) is 2. The summed E-state index contributed by atoms with van der Waals surface area (Å²) in [5.41, 5.74) is 2.56. The van der Waals surface area contributed by atoms with Crippen molar-refractivity contribution in [3.8, 4) is 0 Å². The molecule has 0 aliphatic carbocycles. The van der Waals surface area contributed by atoms with Crippen molar-refractivity contribution in [2.75, 3.05) is 36.2 Å². The van der Waals surface area contributed by atoms with Crippen LogP contribution in [-0.4, -0.2) is 48.2 Å². The number of fused-ring (bicyclic) bond motifs is 2. The highest BCUT2D eigenvalue weighted by atomic mass is 32.2.